The quantitative estimate of drug-likeness (QED) is 0.916. The number of nitrogens with zero attached hydrogens (tertiary/aromatic N) is 1. The second-order valence-corrected chi connectivity index (χ2v) is 5.25. The summed E-state index contributed by atoms with van der Waals surface area (Å²) in [4.78, 5) is 4.50. The van der Waals surface area contributed by atoms with Crippen LogP contribution in [0.25, 0.3) is 10.2 Å². The summed E-state index contributed by atoms with van der Waals surface area (Å²) in [7, 11) is 0. The molecule has 1 aliphatic heterocycles. The highest BCUT2D eigenvalue weighted by Crippen LogP contribution is 2.29. The van der Waals surface area contributed by atoms with Gasteiger partial charge in [-0.05, 0) is 35.7 Å². The molecule has 2 aromatic rings. The van der Waals surface area contributed by atoms with Crippen LogP contribution in [0.1, 0.15) is 24.9 Å². The van der Waals surface area contributed by atoms with Crippen LogP contribution in [0, 0.1) is 0 Å². The molecule has 3 nitrogen and oxygen atoms in total. The molecule has 0 saturated heterocycles. The standard InChI is InChI=1S/C14H16N2OS/c1-2-15-14(12-4-3-6-17-12)10-8-13-11(16-9-10)5-7-18-13/h4-5,7-9,14-15H,2-3,6H2,1H3. The SMILES string of the molecule is CCNC(C1=CCCO1)c1cnc2ccsc2c1. The van der Waals surface area contributed by atoms with E-state index in [9.17, 15) is 0 Å². The summed E-state index contributed by atoms with van der Waals surface area (Å²) in [6.07, 6.45) is 5.13. The minimum absolute atomic E-state index is 0.136. The second kappa shape index (κ2) is 5.08. The first-order chi connectivity index (χ1) is 8.88. The number of ether oxygens (including phenoxy) is 1. The number of nitrogens with one attached hydrogen (secondary N) is 1. The fourth-order valence-electron chi connectivity index (χ4n) is 2.24. The molecule has 0 fully saturated rings. The van der Waals surface area contributed by atoms with Crippen LogP contribution in [0.2, 0.25) is 0 Å². The van der Waals surface area contributed by atoms with Gasteiger partial charge in [0.15, 0.2) is 0 Å². The Balaban J connectivity index is 1.97. The summed E-state index contributed by atoms with van der Waals surface area (Å²) >= 11 is 1.73. The highest BCUT2D eigenvalue weighted by Gasteiger charge is 2.20. The first-order valence-corrected chi connectivity index (χ1v) is 7.16. The van der Waals surface area contributed by atoms with E-state index in [1.54, 1.807) is 11.3 Å². The van der Waals surface area contributed by atoms with E-state index < -0.39 is 0 Å². The van der Waals surface area contributed by atoms with E-state index in [1.807, 2.05) is 6.20 Å². The predicted molar refractivity (Wildman–Crippen MR) is 74.7 cm³/mol. The maximum Gasteiger partial charge on any atom is 0.114 e. The molecule has 0 bridgehead atoms. The van der Waals surface area contributed by atoms with Crippen LogP contribution in [0.4, 0.5) is 0 Å². The van der Waals surface area contributed by atoms with Gasteiger partial charge in [0.1, 0.15) is 5.76 Å². The molecule has 2 aromatic heterocycles. The van der Waals surface area contributed by atoms with Gasteiger partial charge in [-0.15, -0.1) is 11.3 Å². The lowest BCUT2D eigenvalue weighted by Crippen LogP contribution is -2.23. The number of likely N-dealkylation sites (N-methyl/N-ethyl adjacent to an activating group) is 1. The normalized spacial score (nSPS) is 16.6. The average Bonchev–Trinajstić information content (AvgIpc) is 3.05. The van der Waals surface area contributed by atoms with E-state index in [0.29, 0.717) is 0 Å². The largest absolute Gasteiger partial charge is 0.496 e. The Morgan fingerprint density at radius 2 is 2.50 bits per heavy atom. The third-order valence-corrected chi connectivity index (χ3v) is 3.94. The number of aromatic nitrogens is 1. The minimum atomic E-state index is 0.136. The number of hydrogen-bond donors (Lipinski definition) is 1. The lowest BCUT2D eigenvalue weighted by molar-refractivity contribution is 0.216. The maximum absolute atomic E-state index is 5.69. The lowest BCUT2D eigenvalue weighted by atomic mass is 10.1. The van der Waals surface area contributed by atoms with Gasteiger partial charge in [0, 0.05) is 12.6 Å². The predicted octanol–water partition coefficient (Wildman–Crippen LogP) is 3.25. The molecule has 1 N–H and O–H groups in total. The molecule has 0 aliphatic carbocycles. The van der Waals surface area contributed by atoms with Crippen LogP contribution in [-0.4, -0.2) is 18.1 Å². The van der Waals surface area contributed by atoms with Gasteiger partial charge in [-0.25, -0.2) is 0 Å². The Morgan fingerprint density at radius 3 is 3.28 bits per heavy atom. The zero-order valence-corrected chi connectivity index (χ0v) is 11.2. The molecule has 3 heterocycles. The van der Waals surface area contributed by atoms with E-state index in [0.717, 1.165) is 30.8 Å². The molecular formula is C14H16N2OS. The zero-order chi connectivity index (χ0) is 12.4. The summed E-state index contributed by atoms with van der Waals surface area (Å²) in [6, 6.07) is 4.40. The number of hydrogen-bond acceptors (Lipinski definition) is 4. The van der Waals surface area contributed by atoms with Crippen molar-refractivity contribution in [2.75, 3.05) is 13.2 Å². The van der Waals surface area contributed by atoms with Crippen molar-refractivity contribution in [1.82, 2.24) is 10.3 Å². The minimum Gasteiger partial charge on any atom is -0.496 e. The number of thiophene rings is 1. The van der Waals surface area contributed by atoms with E-state index in [2.05, 4.69) is 40.8 Å². The summed E-state index contributed by atoms with van der Waals surface area (Å²) in [5.41, 5.74) is 2.25. The van der Waals surface area contributed by atoms with Crippen LogP contribution in [0.15, 0.2) is 35.5 Å². The van der Waals surface area contributed by atoms with Gasteiger partial charge in [-0.2, -0.15) is 0 Å². The summed E-state index contributed by atoms with van der Waals surface area (Å²) in [5.74, 6) is 1.04. The molecule has 4 heteroatoms. The number of fused-ring (bicyclic) bond motifs is 1. The third-order valence-electron chi connectivity index (χ3n) is 3.08. The molecule has 18 heavy (non-hydrogen) atoms. The van der Waals surface area contributed by atoms with Crippen LogP contribution in [-0.2, 0) is 4.74 Å². The summed E-state index contributed by atoms with van der Waals surface area (Å²) in [5, 5.41) is 5.55. The maximum atomic E-state index is 5.69. The molecule has 1 unspecified atom stereocenters. The molecule has 0 spiro atoms. The molecule has 1 atom stereocenters. The van der Waals surface area contributed by atoms with Crippen LogP contribution >= 0.6 is 11.3 Å². The smallest absolute Gasteiger partial charge is 0.114 e. The Labute approximate surface area is 110 Å². The highest BCUT2D eigenvalue weighted by molar-refractivity contribution is 7.17. The van der Waals surface area contributed by atoms with Gasteiger partial charge in [0.25, 0.3) is 0 Å². The molecule has 94 valence electrons. The first-order valence-electron chi connectivity index (χ1n) is 6.28. The second-order valence-electron chi connectivity index (χ2n) is 4.31. The van der Waals surface area contributed by atoms with Crippen molar-refractivity contribution in [3.63, 3.8) is 0 Å². The zero-order valence-electron chi connectivity index (χ0n) is 10.3. The topological polar surface area (TPSA) is 34.1 Å². The van der Waals surface area contributed by atoms with Crippen molar-refractivity contribution >= 4 is 21.6 Å². The Kier molecular flexibility index (Phi) is 3.30. The fraction of sp³-hybridized carbons (Fsp3) is 0.357. The molecule has 3 rings (SSSR count). The fourth-order valence-corrected chi connectivity index (χ4v) is 3.03. The monoisotopic (exact) mass is 260 g/mol. The van der Waals surface area contributed by atoms with Gasteiger partial charge in [-0.3, -0.25) is 4.98 Å². The molecule has 0 aromatic carbocycles. The van der Waals surface area contributed by atoms with E-state index in [4.69, 9.17) is 4.74 Å². The third kappa shape index (κ3) is 2.13. The van der Waals surface area contributed by atoms with E-state index >= 15 is 0 Å². The Hall–Kier alpha value is -1.39. The van der Waals surface area contributed by atoms with E-state index in [1.165, 1.54) is 10.3 Å². The van der Waals surface area contributed by atoms with Crippen molar-refractivity contribution in [3.8, 4) is 0 Å². The average molecular weight is 260 g/mol. The highest BCUT2D eigenvalue weighted by atomic mass is 32.1. The van der Waals surface area contributed by atoms with Gasteiger partial charge < -0.3 is 10.1 Å². The van der Waals surface area contributed by atoms with Crippen LogP contribution in [0.3, 0.4) is 0 Å². The molecule has 1 aliphatic rings. The van der Waals surface area contributed by atoms with Gasteiger partial charge in [0.2, 0.25) is 0 Å². The number of pyridine rings is 1. The Bertz CT molecular complexity index is 576. The van der Waals surface area contributed by atoms with Crippen LogP contribution in [0.5, 0.6) is 0 Å². The lowest BCUT2D eigenvalue weighted by Gasteiger charge is -2.19. The van der Waals surface area contributed by atoms with Crippen molar-refractivity contribution < 1.29 is 4.74 Å². The van der Waals surface area contributed by atoms with Gasteiger partial charge in [0.05, 0.1) is 22.9 Å². The number of rotatable bonds is 4. The van der Waals surface area contributed by atoms with Crippen molar-refractivity contribution in [2.24, 2.45) is 0 Å². The van der Waals surface area contributed by atoms with Crippen LogP contribution < -0.4 is 5.32 Å². The van der Waals surface area contributed by atoms with Crippen molar-refractivity contribution in [3.05, 3.63) is 41.1 Å². The van der Waals surface area contributed by atoms with Crippen molar-refractivity contribution in [2.45, 2.75) is 19.4 Å². The van der Waals surface area contributed by atoms with E-state index in [-0.39, 0.29) is 6.04 Å². The van der Waals surface area contributed by atoms with Gasteiger partial charge in [-0.1, -0.05) is 6.92 Å². The van der Waals surface area contributed by atoms with Crippen molar-refractivity contribution in [1.29, 1.82) is 0 Å². The Morgan fingerprint density at radius 1 is 1.56 bits per heavy atom. The molecule has 0 amide bonds. The molecular weight excluding hydrogens is 244 g/mol. The molecule has 0 saturated carbocycles. The van der Waals surface area contributed by atoms with Gasteiger partial charge >= 0.3 is 0 Å². The molecule has 0 radical (unpaired) electrons. The first kappa shape index (κ1) is 11.7. The summed E-state index contributed by atoms with van der Waals surface area (Å²) < 4.78 is 6.92. The summed E-state index contributed by atoms with van der Waals surface area (Å²) in [6.45, 7) is 3.82.